The zero-order chi connectivity index (χ0) is 18.9. The monoisotopic (exact) mass is 377 g/mol. The minimum absolute atomic E-state index is 0.225. The van der Waals surface area contributed by atoms with Gasteiger partial charge in [0.05, 0.1) is 34.1 Å². The third-order valence-electron chi connectivity index (χ3n) is 3.26. The van der Waals surface area contributed by atoms with Crippen molar-refractivity contribution in [2.45, 2.75) is 0 Å². The van der Waals surface area contributed by atoms with Crippen molar-refractivity contribution in [3.63, 3.8) is 0 Å². The zero-order valence-corrected chi connectivity index (χ0v) is 15.4. The molecule has 0 saturated heterocycles. The molecule has 9 heteroatoms. The molecule has 2 aromatic rings. The van der Waals surface area contributed by atoms with Crippen LogP contribution in [0.15, 0.2) is 34.7 Å². The normalized spacial score (nSPS) is 10.4. The van der Waals surface area contributed by atoms with Gasteiger partial charge in [-0.05, 0) is 23.6 Å². The van der Waals surface area contributed by atoms with Gasteiger partial charge in [0.15, 0.2) is 11.5 Å². The van der Waals surface area contributed by atoms with Gasteiger partial charge in [0.2, 0.25) is 5.75 Å². The summed E-state index contributed by atoms with van der Waals surface area (Å²) in [5.74, 6) is 0.177. The first-order valence-corrected chi connectivity index (χ1v) is 8.40. The van der Waals surface area contributed by atoms with Gasteiger partial charge in [-0.25, -0.2) is 5.43 Å². The van der Waals surface area contributed by atoms with Gasteiger partial charge in [0.1, 0.15) is 0 Å². The molecular weight excluding hydrogens is 358 g/mol. The Hall–Kier alpha value is -3.07. The SMILES string of the molecule is COc1cc(C(=O)NCC(=O)N/N=C/c2cccs2)cc(OC)c1OC. The molecule has 0 radical (unpaired) electrons. The Kier molecular flexibility index (Phi) is 6.98. The summed E-state index contributed by atoms with van der Waals surface area (Å²) in [6.07, 6.45) is 1.53. The Bertz CT molecular complexity index is 765. The van der Waals surface area contributed by atoms with Gasteiger partial charge >= 0.3 is 0 Å². The molecule has 2 amide bonds. The molecule has 2 rings (SSSR count). The fraction of sp³-hybridized carbons (Fsp3) is 0.235. The van der Waals surface area contributed by atoms with Gasteiger partial charge in [-0.1, -0.05) is 6.07 Å². The molecule has 0 unspecified atom stereocenters. The molecule has 1 aromatic carbocycles. The van der Waals surface area contributed by atoms with E-state index in [0.29, 0.717) is 17.2 Å². The lowest BCUT2D eigenvalue weighted by molar-refractivity contribution is -0.120. The standard InChI is InChI=1S/C17H19N3O5S/c1-23-13-7-11(8-14(24-2)16(13)25-3)17(22)18-10-15(21)20-19-9-12-5-4-6-26-12/h4-9H,10H2,1-3H3,(H,18,22)(H,20,21)/b19-9+. The molecule has 0 aliphatic rings. The van der Waals surface area contributed by atoms with Crippen LogP contribution in [0.5, 0.6) is 17.2 Å². The quantitative estimate of drug-likeness (QED) is 0.538. The van der Waals surface area contributed by atoms with E-state index in [1.54, 1.807) is 0 Å². The Balaban J connectivity index is 1.95. The lowest BCUT2D eigenvalue weighted by Gasteiger charge is -2.14. The van der Waals surface area contributed by atoms with E-state index in [1.807, 2.05) is 17.5 Å². The van der Waals surface area contributed by atoms with Crippen molar-refractivity contribution < 1.29 is 23.8 Å². The molecule has 0 bridgehead atoms. The number of nitrogens with one attached hydrogen (secondary N) is 2. The van der Waals surface area contributed by atoms with E-state index in [4.69, 9.17) is 14.2 Å². The third kappa shape index (κ3) is 4.96. The number of hydrazone groups is 1. The second-order valence-corrected chi connectivity index (χ2v) is 5.88. The highest BCUT2D eigenvalue weighted by Crippen LogP contribution is 2.38. The summed E-state index contributed by atoms with van der Waals surface area (Å²) < 4.78 is 15.6. The average molecular weight is 377 g/mol. The van der Waals surface area contributed by atoms with Crippen LogP contribution in [0.4, 0.5) is 0 Å². The minimum Gasteiger partial charge on any atom is -0.493 e. The first kappa shape index (κ1) is 19.3. The molecule has 0 spiro atoms. The Morgan fingerprint density at radius 3 is 2.38 bits per heavy atom. The van der Waals surface area contributed by atoms with E-state index in [-0.39, 0.29) is 12.1 Å². The number of hydrogen-bond donors (Lipinski definition) is 2. The van der Waals surface area contributed by atoms with Crippen molar-refractivity contribution in [3.05, 3.63) is 40.1 Å². The second-order valence-electron chi connectivity index (χ2n) is 4.91. The van der Waals surface area contributed by atoms with Gasteiger partial charge < -0.3 is 19.5 Å². The van der Waals surface area contributed by atoms with Crippen LogP contribution < -0.4 is 25.0 Å². The third-order valence-corrected chi connectivity index (χ3v) is 4.07. The predicted octanol–water partition coefficient (Wildman–Crippen LogP) is 1.65. The first-order chi connectivity index (χ1) is 12.6. The summed E-state index contributed by atoms with van der Waals surface area (Å²) >= 11 is 1.50. The molecule has 0 aliphatic carbocycles. The van der Waals surface area contributed by atoms with E-state index in [0.717, 1.165) is 4.88 Å². The van der Waals surface area contributed by atoms with Crippen molar-refractivity contribution in [2.75, 3.05) is 27.9 Å². The molecule has 26 heavy (non-hydrogen) atoms. The Morgan fingerprint density at radius 2 is 1.85 bits per heavy atom. The average Bonchev–Trinajstić information content (AvgIpc) is 3.18. The summed E-state index contributed by atoms with van der Waals surface area (Å²) in [4.78, 5) is 24.9. The number of methoxy groups -OCH3 is 3. The predicted molar refractivity (Wildman–Crippen MR) is 98.5 cm³/mol. The number of benzene rings is 1. The lowest BCUT2D eigenvalue weighted by atomic mass is 10.1. The van der Waals surface area contributed by atoms with Crippen molar-refractivity contribution in [2.24, 2.45) is 5.10 Å². The molecule has 1 aromatic heterocycles. The number of ether oxygens (including phenoxy) is 3. The Labute approximate surface area is 154 Å². The maximum Gasteiger partial charge on any atom is 0.259 e. The van der Waals surface area contributed by atoms with E-state index in [1.165, 1.54) is 51.0 Å². The molecule has 0 saturated carbocycles. The number of thiophene rings is 1. The molecule has 138 valence electrons. The van der Waals surface area contributed by atoms with Gasteiger partial charge in [-0.2, -0.15) is 5.10 Å². The maximum atomic E-state index is 12.3. The molecule has 0 fully saturated rings. The minimum atomic E-state index is -0.457. The van der Waals surface area contributed by atoms with Crippen LogP contribution in [0, 0.1) is 0 Å². The van der Waals surface area contributed by atoms with Crippen LogP contribution in [0.25, 0.3) is 0 Å². The summed E-state index contributed by atoms with van der Waals surface area (Å²) in [7, 11) is 4.39. The Morgan fingerprint density at radius 1 is 1.15 bits per heavy atom. The van der Waals surface area contributed by atoms with Crippen molar-refractivity contribution in [3.8, 4) is 17.2 Å². The van der Waals surface area contributed by atoms with Crippen LogP contribution in [0.2, 0.25) is 0 Å². The van der Waals surface area contributed by atoms with Crippen LogP contribution >= 0.6 is 11.3 Å². The largest absolute Gasteiger partial charge is 0.493 e. The molecule has 8 nitrogen and oxygen atoms in total. The number of rotatable bonds is 8. The van der Waals surface area contributed by atoms with Crippen molar-refractivity contribution in [1.82, 2.24) is 10.7 Å². The fourth-order valence-electron chi connectivity index (χ4n) is 2.05. The number of nitrogens with zero attached hydrogens (tertiary/aromatic N) is 1. The van der Waals surface area contributed by atoms with Gasteiger partial charge in [-0.3, -0.25) is 9.59 Å². The summed E-state index contributed by atoms with van der Waals surface area (Å²) in [6.45, 7) is -0.225. The highest BCUT2D eigenvalue weighted by atomic mass is 32.1. The number of hydrogen-bond acceptors (Lipinski definition) is 7. The van der Waals surface area contributed by atoms with E-state index in [2.05, 4.69) is 15.8 Å². The lowest BCUT2D eigenvalue weighted by Crippen LogP contribution is -2.34. The molecule has 1 heterocycles. The summed E-state index contributed by atoms with van der Waals surface area (Å²) in [5.41, 5.74) is 2.62. The summed E-state index contributed by atoms with van der Waals surface area (Å²) in [6, 6.07) is 6.76. The van der Waals surface area contributed by atoms with Gasteiger partial charge in [0.25, 0.3) is 11.8 Å². The number of carbonyl (C=O) groups excluding carboxylic acids is 2. The van der Waals surface area contributed by atoms with Gasteiger partial charge in [-0.15, -0.1) is 11.3 Å². The maximum absolute atomic E-state index is 12.3. The number of amides is 2. The van der Waals surface area contributed by atoms with Crippen LogP contribution in [0.1, 0.15) is 15.2 Å². The fourth-order valence-corrected chi connectivity index (χ4v) is 2.63. The molecule has 0 atom stereocenters. The molecular formula is C17H19N3O5S. The zero-order valence-electron chi connectivity index (χ0n) is 14.6. The summed E-state index contributed by atoms with van der Waals surface area (Å²) in [5, 5.41) is 8.23. The van der Waals surface area contributed by atoms with E-state index < -0.39 is 11.8 Å². The first-order valence-electron chi connectivity index (χ1n) is 7.52. The van der Waals surface area contributed by atoms with Crippen LogP contribution in [-0.4, -0.2) is 45.9 Å². The van der Waals surface area contributed by atoms with E-state index >= 15 is 0 Å². The van der Waals surface area contributed by atoms with Gasteiger partial charge in [0, 0.05) is 10.4 Å². The number of carbonyl (C=O) groups is 2. The highest BCUT2D eigenvalue weighted by molar-refractivity contribution is 7.11. The van der Waals surface area contributed by atoms with Crippen LogP contribution in [-0.2, 0) is 4.79 Å². The molecule has 2 N–H and O–H groups in total. The van der Waals surface area contributed by atoms with Crippen molar-refractivity contribution >= 4 is 29.4 Å². The smallest absolute Gasteiger partial charge is 0.259 e. The van der Waals surface area contributed by atoms with Crippen LogP contribution in [0.3, 0.4) is 0 Å². The van der Waals surface area contributed by atoms with Crippen molar-refractivity contribution in [1.29, 1.82) is 0 Å². The highest BCUT2D eigenvalue weighted by Gasteiger charge is 2.17. The van der Waals surface area contributed by atoms with E-state index in [9.17, 15) is 9.59 Å². The topological polar surface area (TPSA) is 98.2 Å². The molecule has 0 aliphatic heterocycles. The second kappa shape index (κ2) is 9.42.